The summed E-state index contributed by atoms with van der Waals surface area (Å²) in [7, 11) is 0. The molecule has 23 heavy (non-hydrogen) atoms. The van der Waals surface area contributed by atoms with Crippen LogP contribution in [0.2, 0.25) is 0 Å². The van der Waals surface area contributed by atoms with Crippen LogP contribution in [0.15, 0.2) is 16.7 Å². The number of hydrogen-bond acceptors (Lipinski definition) is 3. The van der Waals surface area contributed by atoms with Gasteiger partial charge in [0.1, 0.15) is 5.76 Å². The third kappa shape index (κ3) is 2.89. The van der Waals surface area contributed by atoms with Crippen LogP contribution < -0.4 is 0 Å². The van der Waals surface area contributed by atoms with Crippen molar-refractivity contribution in [3.8, 4) is 0 Å². The fourth-order valence-corrected chi connectivity index (χ4v) is 3.89. The minimum atomic E-state index is -0.225. The molecule has 0 radical (unpaired) electrons. The predicted molar refractivity (Wildman–Crippen MR) is 87.1 cm³/mol. The van der Waals surface area contributed by atoms with Crippen molar-refractivity contribution >= 4 is 11.8 Å². The third-order valence-electron chi connectivity index (χ3n) is 5.28. The van der Waals surface area contributed by atoms with Crippen molar-refractivity contribution in [2.24, 2.45) is 11.3 Å². The van der Waals surface area contributed by atoms with E-state index in [0.717, 1.165) is 32.4 Å². The molecule has 0 atom stereocenters. The summed E-state index contributed by atoms with van der Waals surface area (Å²) in [6, 6.07) is 1.73. The van der Waals surface area contributed by atoms with Crippen molar-refractivity contribution in [1.29, 1.82) is 0 Å². The molecule has 2 aliphatic heterocycles. The Labute approximate surface area is 137 Å². The lowest BCUT2D eigenvalue weighted by atomic mass is 9.77. The summed E-state index contributed by atoms with van der Waals surface area (Å²) in [4.78, 5) is 29.2. The Hall–Kier alpha value is -1.78. The number of amides is 2. The van der Waals surface area contributed by atoms with Crippen LogP contribution in [0.3, 0.4) is 0 Å². The number of likely N-dealkylation sites (tertiary alicyclic amines) is 2. The first-order valence-electron chi connectivity index (χ1n) is 8.56. The van der Waals surface area contributed by atoms with E-state index in [1.165, 1.54) is 0 Å². The molecule has 2 amide bonds. The summed E-state index contributed by atoms with van der Waals surface area (Å²) in [6.45, 7) is 9.13. The normalized spacial score (nSPS) is 20.8. The molecule has 126 valence electrons. The molecule has 5 nitrogen and oxygen atoms in total. The van der Waals surface area contributed by atoms with Crippen molar-refractivity contribution < 1.29 is 14.0 Å². The van der Waals surface area contributed by atoms with E-state index in [4.69, 9.17) is 4.42 Å². The van der Waals surface area contributed by atoms with Crippen molar-refractivity contribution in [2.45, 2.75) is 40.0 Å². The van der Waals surface area contributed by atoms with Gasteiger partial charge >= 0.3 is 0 Å². The van der Waals surface area contributed by atoms with Crippen LogP contribution in [0.1, 0.15) is 49.2 Å². The minimum absolute atomic E-state index is 0.0237. The van der Waals surface area contributed by atoms with Gasteiger partial charge < -0.3 is 14.2 Å². The van der Waals surface area contributed by atoms with E-state index >= 15 is 0 Å². The highest BCUT2D eigenvalue weighted by Gasteiger charge is 2.48. The number of carbonyl (C=O) groups excluding carboxylic acids is 2. The van der Waals surface area contributed by atoms with Gasteiger partial charge in [0.15, 0.2) is 0 Å². The molecular weight excluding hydrogens is 292 g/mol. The Kier molecular flexibility index (Phi) is 4.21. The number of aryl methyl sites for hydroxylation is 1. The van der Waals surface area contributed by atoms with Gasteiger partial charge in [-0.3, -0.25) is 9.59 Å². The molecule has 1 aromatic rings. The number of hydrogen-bond donors (Lipinski definition) is 0. The smallest absolute Gasteiger partial charge is 0.257 e. The van der Waals surface area contributed by atoms with Crippen molar-refractivity contribution in [2.75, 3.05) is 26.2 Å². The Balaban J connectivity index is 1.64. The second-order valence-electron chi connectivity index (χ2n) is 7.36. The molecule has 0 aliphatic carbocycles. The van der Waals surface area contributed by atoms with E-state index in [2.05, 4.69) is 13.8 Å². The van der Waals surface area contributed by atoms with Gasteiger partial charge in [0.25, 0.3) is 5.91 Å². The molecule has 2 fully saturated rings. The van der Waals surface area contributed by atoms with E-state index < -0.39 is 0 Å². The predicted octanol–water partition coefficient (Wildman–Crippen LogP) is 2.70. The summed E-state index contributed by atoms with van der Waals surface area (Å²) < 4.78 is 5.23. The first kappa shape index (κ1) is 16.1. The zero-order valence-corrected chi connectivity index (χ0v) is 14.3. The highest BCUT2D eigenvalue weighted by atomic mass is 16.3. The first-order chi connectivity index (χ1) is 10.9. The fraction of sp³-hybridized carbons (Fsp3) is 0.667. The maximum atomic E-state index is 12.8. The SMILES string of the molecule is Cc1occc1C(=O)N1CCC2(CC1)CCN(CC(C)C)C2=O. The van der Waals surface area contributed by atoms with E-state index in [-0.39, 0.29) is 11.3 Å². The second kappa shape index (κ2) is 6.02. The lowest BCUT2D eigenvalue weighted by Gasteiger charge is -2.38. The number of carbonyl (C=O) groups is 2. The van der Waals surface area contributed by atoms with Crippen LogP contribution in [0.4, 0.5) is 0 Å². The average Bonchev–Trinajstić information content (AvgIpc) is 3.07. The topological polar surface area (TPSA) is 53.8 Å². The summed E-state index contributed by atoms with van der Waals surface area (Å²) in [5.41, 5.74) is 0.414. The maximum absolute atomic E-state index is 12.8. The molecule has 5 heteroatoms. The van der Waals surface area contributed by atoms with Crippen molar-refractivity contribution in [3.05, 3.63) is 23.7 Å². The third-order valence-corrected chi connectivity index (χ3v) is 5.28. The Morgan fingerprint density at radius 1 is 1.26 bits per heavy atom. The van der Waals surface area contributed by atoms with Gasteiger partial charge in [-0.1, -0.05) is 13.8 Å². The van der Waals surface area contributed by atoms with E-state index in [1.807, 2.05) is 16.7 Å². The van der Waals surface area contributed by atoms with Crippen LogP contribution in [-0.2, 0) is 4.79 Å². The lowest BCUT2D eigenvalue weighted by molar-refractivity contribution is -0.138. The van der Waals surface area contributed by atoms with Gasteiger partial charge in [-0.25, -0.2) is 0 Å². The van der Waals surface area contributed by atoms with Crippen LogP contribution >= 0.6 is 0 Å². The lowest BCUT2D eigenvalue weighted by Crippen LogP contribution is -2.47. The highest BCUT2D eigenvalue weighted by molar-refractivity contribution is 5.95. The number of rotatable bonds is 3. The van der Waals surface area contributed by atoms with Crippen molar-refractivity contribution in [1.82, 2.24) is 9.80 Å². The summed E-state index contributed by atoms with van der Waals surface area (Å²) in [5, 5.41) is 0. The maximum Gasteiger partial charge on any atom is 0.257 e. The van der Waals surface area contributed by atoms with Gasteiger partial charge in [-0.2, -0.15) is 0 Å². The largest absolute Gasteiger partial charge is 0.469 e. The van der Waals surface area contributed by atoms with E-state index in [1.54, 1.807) is 12.3 Å². The summed E-state index contributed by atoms with van der Waals surface area (Å²) >= 11 is 0. The van der Waals surface area contributed by atoms with Gasteiger partial charge in [0, 0.05) is 26.2 Å². The van der Waals surface area contributed by atoms with Gasteiger partial charge in [-0.15, -0.1) is 0 Å². The fourth-order valence-electron chi connectivity index (χ4n) is 3.89. The zero-order valence-electron chi connectivity index (χ0n) is 14.3. The van der Waals surface area contributed by atoms with Gasteiger partial charge in [0.05, 0.1) is 17.2 Å². The number of nitrogens with zero attached hydrogens (tertiary/aromatic N) is 2. The van der Waals surface area contributed by atoms with Crippen LogP contribution in [0, 0.1) is 18.3 Å². The number of piperidine rings is 1. The monoisotopic (exact) mass is 318 g/mol. The average molecular weight is 318 g/mol. The molecule has 2 saturated heterocycles. The summed E-state index contributed by atoms with van der Waals surface area (Å²) in [6.07, 6.45) is 4.05. The zero-order chi connectivity index (χ0) is 16.6. The van der Waals surface area contributed by atoms with E-state index in [0.29, 0.717) is 36.2 Å². The van der Waals surface area contributed by atoms with Crippen LogP contribution in [0.25, 0.3) is 0 Å². The molecule has 0 N–H and O–H groups in total. The molecule has 0 aromatic carbocycles. The molecule has 1 spiro atoms. The molecule has 3 rings (SSSR count). The Bertz CT molecular complexity index is 597. The first-order valence-corrected chi connectivity index (χ1v) is 8.56. The molecule has 2 aliphatic rings. The molecule has 0 unspecified atom stereocenters. The van der Waals surface area contributed by atoms with Crippen LogP contribution in [-0.4, -0.2) is 47.8 Å². The Morgan fingerprint density at radius 2 is 1.91 bits per heavy atom. The Morgan fingerprint density at radius 3 is 2.48 bits per heavy atom. The summed E-state index contributed by atoms with van der Waals surface area (Å²) in [5.74, 6) is 1.49. The standard InChI is InChI=1S/C18H26N2O3/c1-13(2)12-20-10-7-18(17(20)22)5-8-19(9-6-18)16(21)15-4-11-23-14(15)3/h4,11,13H,5-10,12H2,1-3H3. The van der Waals surface area contributed by atoms with Gasteiger partial charge in [-0.05, 0) is 38.2 Å². The molecular formula is C18H26N2O3. The van der Waals surface area contributed by atoms with E-state index in [9.17, 15) is 9.59 Å². The number of furan rings is 1. The quantitative estimate of drug-likeness (QED) is 0.861. The second-order valence-corrected chi connectivity index (χ2v) is 7.36. The van der Waals surface area contributed by atoms with Crippen LogP contribution in [0.5, 0.6) is 0 Å². The van der Waals surface area contributed by atoms with Crippen molar-refractivity contribution in [3.63, 3.8) is 0 Å². The molecule has 0 bridgehead atoms. The molecule has 0 saturated carbocycles. The highest BCUT2D eigenvalue weighted by Crippen LogP contribution is 2.42. The minimum Gasteiger partial charge on any atom is -0.469 e. The molecule has 1 aromatic heterocycles. The van der Waals surface area contributed by atoms with Gasteiger partial charge in [0.2, 0.25) is 5.91 Å². The molecule has 3 heterocycles.